The second-order valence-corrected chi connectivity index (χ2v) is 7.10. The third-order valence-electron chi connectivity index (χ3n) is 3.61. The highest BCUT2D eigenvalue weighted by Crippen LogP contribution is 2.46. The van der Waals surface area contributed by atoms with E-state index < -0.39 is 5.97 Å². The third-order valence-corrected chi connectivity index (χ3v) is 3.61. The number of aromatic nitrogens is 1. The molecule has 2 rings (SSSR count). The van der Waals surface area contributed by atoms with E-state index in [-0.39, 0.29) is 22.6 Å². The summed E-state index contributed by atoms with van der Waals surface area (Å²) in [6, 6.07) is 0.565. The average Bonchev–Trinajstić information content (AvgIpc) is 2.60. The molecule has 0 aromatic carbocycles. The molecule has 0 unspecified atom stereocenters. The van der Waals surface area contributed by atoms with Crippen molar-refractivity contribution >= 4 is 12.0 Å². The molecule has 5 nitrogen and oxygen atoms in total. The smallest absolute Gasteiger partial charge is 0.357 e. The van der Waals surface area contributed by atoms with Gasteiger partial charge in [-0.15, -0.1) is 0 Å². The zero-order chi connectivity index (χ0) is 14.3. The van der Waals surface area contributed by atoms with Crippen LogP contribution in [0.1, 0.15) is 57.4 Å². The number of hydrogen-bond acceptors (Lipinski definition) is 4. The number of carboxylic acids is 1. The lowest BCUT2D eigenvalue weighted by Gasteiger charge is -2.44. The van der Waals surface area contributed by atoms with Crippen LogP contribution in [-0.4, -0.2) is 22.1 Å². The number of anilines is 1. The number of nitrogens with one attached hydrogen (secondary N) is 1. The van der Waals surface area contributed by atoms with E-state index in [1.165, 1.54) is 12.7 Å². The minimum Gasteiger partial charge on any atom is -0.476 e. The van der Waals surface area contributed by atoms with Gasteiger partial charge in [-0.3, -0.25) is 0 Å². The molecular weight excluding hydrogens is 244 g/mol. The summed E-state index contributed by atoms with van der Waals surface area (Å²) in [6.45, 7) is 9.06. The SMILES string of the molecule is CC1(C)CC(Nc2nc(C(=O)O)co2)CC(C)(C)C1. The molecule has 0 radical (unpaired) electrons. The van der Waals surface area contributed by atoms with Crippen molar-refractivity contribution in [2.75, 3.05) is 5.32 Å². The summed E-state index contributed by atoms with van der Waals surface area (Å²) in [4.78, 5) is 14.7. The van der Waals surface area contributed by atoms with E-state index in [4.69, 9.17) is 9.52 Å². The molecule has 1 aromatic rings. The van der Waals surface area contributed by atoms with Crippen LogP contribution < -0.4 is 5.32 Å². The van der Waals surface area contributed by atoms with Crippen LogP contribution in [-0.2, 0) is 0 Å². The van der Waals surface area contributed by atoms with Crippen molar-refractivity contribution in [1.29, 1.82) is 0 Å². The van der Waals surface area contributed by atoms with Gasteiger partial charge in [0.15, 0.2) is 5.69 Å². The molecule has 1 fully saturated rings. The minimum atomic E-state index is -1.07. The van der Waals surface area contributed by atoms with Crippen LogP contribution >= 0.6 is 0 Å². The van der Waals surface area contributed by atoms with Crippen LogP contribution in [0.25, 0.3) is 0 Å². The summed E-state index contributed by atoms with van der Waals surface area (Å²) < 4.78 is 5.16. The van der Waals surface area contributed by atoms with Crippen LogP contribution in [0, 0.1) is 10.8 Å². The van der Waals surface area contributed by atoms with E-state index in [0.29, 0.717) is 6.01 Å². The fourth-order valence-electron chi connectivity index (χ4n) is 3.56. The number of aromatic carboxylic acids is 1. The van der Waals surface area contributed by atoms with E-state index in [1.807, 2.05) is 0 Å². The Morgan fingerprint density at radius 2 is 1.95 bits per heavy atom. The predicted octanol–water partition coefficient (Wildman–Crippen LogP) is 3.39. The zero-order valence-electron chi connectivity index (χ0n) is 12.0. The number of nitrogens with zero attached hydrogens (tertiary/aromatic N) is 1. The van der Waals surface area contributed by atoms with Crippen molar-refractivity contribution in [3.63, 3.8) is 0 Å². The summed E-state index contributed by atoms with van der Waals surface area (Å²) in [5, 5.41) is 12.0. The number of rotatable bonds is 3. The fourth-order valence-corrected chi connectivity index (χ4v) is 3.56. The van der Waals surface area contributed by atoms with E-state index in [9.17, 15) is 4.79 Å². The highest BCUT2D eigenvalue weighted by atomic mass is 16.4. The predicted molar refractivity (Wildman–Crippen MR) is 72.3 cm³/mol. The Hall–Kier alpha value is -1.52. The molecule has 0 spiro atoms. The topological polar surface area (TPSA) is 75.4 Å². The molecule has 0 atom stereocenters. The van der Waals surface area contributed by atoms with Gasteiger partial charge in [0.2, 0.25) is 0 Å². The van der Waals surface area contributed by atoms with E-state index in [2.05, 4.69) is 38.0 Å². The molecule has 0 saturated heterocycles. The lowest BCUT2D eigenvalue weighted by Crippen LogP contribution is -2.40. The summed E-state index contributed by atoms with van der Waals surface area (Å²) in [5.41, 5.74) is 0.473. The molecular formula is C14H22N2O3. The van der Waals surface area contributed by atoms with Gasteiger partial charge in [0.1, 0.15) is 6.26 Å². The lowest BCUT2D eigenvalue weighted by atomic mass is 9.63. The first kappa shape index (κ1) is 13.9. The first-order valence-electron chi connectivity index (χ1n) is 6.62. The molecule has 5 heteroatoms. The van der Waals surface area contributed by atoms with Crippen molar-refractivity contribution in [1.82, 2.24) is 4.98 Å². The molecule has 1 heterocycles. The molecule has 2 N–H and O–H groups in total. The molecule has 1 aliphatic carbocycles. The maximum Gasteiger partial charge on any atom is 0.357 e. The van der Waals surface area contributed by atoms with Crippen molar-refractivity contribution in [3.8, 4) is 0 Å². The van der Waals surface area contributed by atoms with Crippen LogP contribution in [0.3, 0.4) is 0 Å². The van der Waals surface area contributed by atoms with Crippen LogP contribution in [0.2, 0.25) is 0 Å². The van der Waals surface area contributed by atoms with E-state index in [0.717, 1.165) is 12.8 Å². The van der Waals surface area contributed by atoms with Gasteiger partial charge in [-0.2, -0.15) is 4.98 Å². The van der Waals surface area contributed by atoms with Crippen molar-refractivity contribution < 1.29 is 14.3 Å². The molecule has 0 amide bonds. The Kier molecular flexibility index (Phi) is 3.32. The van der Waals surface area contributed by atoms with E-state index in [1.54, 1.807) is 0 Å². The maximum absolute atomic E-state index is 10.8. The van der Waals surface area contributed by atoms with Gasteiger partial charge in [0.05, 0.1) is 0 Å². The number of hydrogen-bond donors (Lipinski definition) is 2. The molecule has 19 heavy (non-hydrogen) atoms. The number of carbonyl (C=O) groups is 1. The number of oxazole rings is 1. The standard InChI is InChI=1S/C14H22N2O3/c1-13(2)5-9(6-14(3,4)8-13)15-12-16-10(7-19-12)11(17)18/h7,9H,5-6,8H2,1-4H3,(H,15,16)(H,17,18). The molecule has 106 valence electrons. The zero-order valence-corrected chi connectivity index (χ0v) is 12.0. The summed E-state index contributed by atoms with van der Waals surface area (Å²) >= 11 is 0. The Labute approximate surface area is 113 Å². The summed E-state index contributed by atoms with van der Waals surface area (Å²) in [6.07, 6.45) is 4.41. The van der Waals surface area contributed by atoms with Crippen LogP contribution in [0.15, 0.2) is 10.7 Å². The van der Waals surface area contributed by atoms with Gasteiger partial charge >= 0.3 is 5.97 Å². The van der Waals surface area contributed by atoms with Gasteiger partial charge < -0.3 is 14.8 Å². The summed E-state index contributed by atoms with van der Waals surface area (Å²) in [5.74, 6) is -1.07. The number of carboxylic acid groups (broad SMARTS) is 1. The van der Waals surface area contributed by atoms with Crippen molar-refractivity contribution in [2.45, 2.75) is 53.0 Å². The van der Waals surface area contributed by atoms with Gasteiger partial charge in [-0.1, -0.05) is 27.7 Å². The Morgan fingerprint density at radius 1 is 1.37 bits per heavy atom. The van der Waals surface area contributed by atoms with Crippen molar-refractivity contribution in [3.05, 3.63) is 12.0 Å². The third kappa shape index (κ3) is 3.49. The first-order valence-corrected chi connectivity index (χ1v) is 6.62. The average molecular weight is 266 g/mol. The second-order valence-electron chi connectivity index (χ2n) is 7.10. The highest BCUT2D eigenvalue weighted by Gasteiger charge is 2.38. The molecule has 0 aliphatic heterocycles. The molecule has 1 aliphatic rings. The fraction of sp³-hybridized carbons (Fsp3) is 0.714. The van der Waals surface area contributed by atoms with Gasteiger partial charge in [-0.25, -0.2) is 4.79 Å². The Balaban J connectivity index is 2.07. The van der Waals surface area contributed by atoms with Gasteiger partial charge in [0, 0.05) is 6.04 Å². The monoisotopic (exact) mass is 266 g/mol. The lowest BCUT2D eigenvalue weighted by molar-refractivity contribution is 0.0690. The second kappa shape index (κ2) is 4.54. The summed E-state index contributed by atoms with van der Waals surface area (Å²) in [7, 11) is 0. The van der Waals surface area contributed by atoms with Crippen LogP contribution in [0.5, 0.6) is 0 Å². The first-order chi connectivity index (χ1) is 8.67. The van der Waals surface area contributed by atoms with Gasteiger partial charge in [0.25, 0.3) is 6.01 Å². The van der Waals surface area contributed by atoms with E-state index >= 15 is 0 Å². The quantitative estimate of drug-likeness (QED) is 0.877. The highest BCUT2D eigenvalue weighted by molar-refractivity contribution is 5.85. The van der Waals surface area contributed by atoms with Crippen molar-refractivity contribution in [2.24, 2.45) is 10.8 Å². The maximum atomic E-state index is 10.8. The normalized spacial score (nSPS) is 22.1. The molecule has 1 aromatic heterocycles. The largest absolute Gasteiger partial charge is 0.476 e. The Morgan fingerprint density at radius 3 is 2.42 bits per heavy atom. The van der Waals surface area contributed by atoms with Gasteiger partial charge in [-0.05, 0) is 30.1 Å². The Bertz CT molecular complexity index is 461. The minimum absolute atomic E-state index is 0.0585. The van der Waals surface area contributed by atoms with Crippen LogP contribution in [0.4, 0.5) is 6.01 Å². The molecule has 0 bridgehead atoms. The molecule has 1 saturated carbocycles.